The van der Waals surface area contributed by atoms with Gasteiger partial charge in [-0.05, 0) is 25.0 Å². The summed E-state index contributed by atoms with van der Waals surface area (Å²) < 4.78 is 24.4. The van der Waals surface area contributed by atoms with Gasteiger partial charge < -0.3 is 13.8 Å². The van der Waals surface area contributed by atoms with Crippen molar-refractivity contribution in [3.05, 3.63) is 35.7 Å². The molecule has 0 N–H and O–H groups in total. The number of fused-ring (bicyclic) bond motifs is 1. The molecule has 3 aromatic rings. The Morgan fingerprint density at radius 1 is 1.30 bits per heavy atom. The van der Waals surface area contributed by atoms with Crippen LogP contribution in [0.25, 0.3) is 11.1 Å². The number of oxazole rings is 1. The van der Waals surface area contributed by atoms with Crippen LogP contribution in [0.3, 0.4) is 0 Å². The SMILES string of the molecule is CC(C)c1nc(C2CCCN2c2nc3cc(F)ccc3o2)no1. The molecule has 4 rings (SSSR count). The molecule has 2 aromatic heterocycles. The molecule has 0 bridgehead atoms. The molecule has 7 heteroatoms. The molecule has 3 heterocycles. The van der Waals surface area contributed by atoms with Gasteiger partial charge in [-0.3, -0.25) is 0 Å². The van der Waals surface area contributed by atoms with E-state index in [1.165, 1.54) is 12.1 Å². The Labute approximate surface area is 132 Å². The Hall–Kier alpha value is -2.44. The summed E-state index contributed by atoms with van der Waals surface area (Å²) in [6.45, 7) is 4.82. The first-order valence-electron chi connectivity index (χ1n) is 7.78. The predicted octanol–water partition coefficient (Wildman–Crippen LogP) is 3.81. The summed E-state index contributed by atoms with van der Waals surface area (Å²) in [5, 5.41) is 4.11. The molecule has 0 saturated carbocycles. The van der Waals surface area contributed by atoms with E-state index in [1.54, 1.807) is 6.07 Å². The number of aromatic nitrogens is 3. The van der Waals surface area contributed by atoms with Crippen LogP contribution >= 0.6 is 0 Å². The predicted molar refractivity (Wildman–Crippen MR) is 81.7 cm³/mol. The van der Waals surface area contributed by atoms with Crippen molar-refractivity contribution in [3.63, 3.8) is 0 Å². The van der Waals surface area contributed by atoms with Crippen molar-refractivity contribution >= 4 is 17.1 Å². The molecule has 0 amide bonds. The average Bonchev–Trinajstić information content (AvgIpc) is 3.24. The maximum Gasteiger partial charge on any atom is 0.299 e. The van der Waals surface area contributed by atoms with Crippen molar-refractivity contribution in [3.8, 4) is 0 Å². The first kappa shape index (κ1) is 14.2. The molecule has 0 radical (unpaired) electrons. The zero-order valence-electron chi connectivity index (χ0n) is 13.0. The van der Waals surface area contributed by atoms with Crippen molar-refractivity contribution < 1.29 is 13.3 Å². The van der Waals surface area contributed by atoms with Crippen LogP contribution in [0.5, 0.6) is 0 Å². The highest BCUT2D eigenvalue weighted by atomic mass is 19.1. The van der Waals surface area contributed by atoms with Crippen LogP contribution in [0.15, 0.2) is 27.1 Å². The third kappa shape index (κ3) is 2.46. The van der Waals surface area contributed by atoms with Gasteiger partial charge in [0.15, 0.2) is 11.4 Å². The fourth-order valence-electron chi connectivity index (χ4n) is 2.89. The van der Waals surface area contributed by atoms with Crippen molar-refractivity contribution in [2.75, 3.05) is 11.4 Å². The quantitative estimate of drug-likeness (QED) is 0.732. The molecule has 1 atom stereocenters. The van der Waals surface area contributed by atoms with Crippen molar-refractivity contribution in [1.29, 1.82) is 0 Å². The smallest absolute Gasteiger partial charge is 0.299 e. The lowest BCUT2D eigenvalue weighted by Crippen LogP contribution is -2.23. The molecular formula is C16H17FN4O2. The van der Waals surface area contributed by atoms with Gasteiger partial charge in [0.05, 0.1) is 6.04 Å². The molecule has 1 saturated heterocycles. The fourth-order valence-corrected chi connectivity index (χ4v) is 2.89. The molecule has 0 spiro atoms. The van der Waals surface area contributed by atoms with Gasteiger partial charge in [0.2, 0.25) is 5.89 Å². The minimum Gasteiger partial charge on any atom is -0.423 e. The van der Waals surface area contributed by atoms with Crippen molar-refractivity contribution in [2.45, 2.75) is 38.6 Å². The van der Waals surface area contributed by atoms with E-state index in [4.69, 9.17) is 8.94 Å². The van der Waals surface area contributed by atoms with Gasteiger partial charge in [0.1, 0.15) is 11.3 Å². The van der Waals surface area contributed by atoms with Crippen LogP contribution in [-0.2, 0) is 0 Å². The van der Waals surface area contributed by atoms with Crippen LogP contribution in [0.2, 0.25) is 0 Å². The van der Waals surface area contributed by atoms with Gasteiger partial charge in [-0.25, -0.2) is 4.39 Å². The Balaban J connectivity index is 1.68. The second-order valence-corrected chi connectivity index (χ2v) is 6.11. The minimum atomic E-state index is -0.324. The average molecular weight is 316 g/mol. The summed E-state index contributed by atoms with van der Waals surface area (Å²) in [6, 6.07) is 4.79. The molecule has 1 aromatic carbocycles. The Morgan fingerprint density at radius 2 is 2.17 bits per heavy atom. The third-order valence-corrected chi connectivity index (χ3v) is 4.09. The van der Waals surface area contributed by atoms with Gasteiger partial charge in [-0.2, -0.15) is 9.97 Å². The zero-order chi connectivity index (χ0) is 16.0. The minimum absolute atomic E-state index is 0.0239. The van der Waals surface area contributed by atoms with E-state index in [9.17, 15) is 4.39 Å². The second-order valence-electron chi connectivity index (χ2n) is 6.11. The van der Waals surface area contributed by atoms with Crippen LogP contribution in [0.4, 0.5) is 10.4 Å². The number of hydrogen-bond acceptors (Lipinski definition) is 6. The highest BCUT2D eigenvalue weighted by Crippen LogP contribution is 2.36. The van der Waals surface area contributed by atoms with Crippen LogP contribution in [0.1, 0.15) is 50.4 Å². The fraction of sp³-hybridized carbons (Fsp3) is 0.438. The van der Waals surface area contributed by atoms with Gasteiger partial charge in [-0.15, -0.1) is 0 Å². The molecule has 1 aliphatic rings. The lowest BCUT2D eigenvalue weighted by molar-refractivity contribution is 0.357. The van der Waals surface area contributed by atoms with Crippen molar-refractivity contribution in [2.24, 2.45) is 0 Å². The topological polar surface area (TPSA) is 68.2 Å². The summed E-state index contributed by atoms with van der Waals surface area (Å²) in [4.78, 5) is 10.9. The van der Waals surface area contributed by atoms with E-state index < -0.39 is 0 Å². The number of nitrogens with zero attached hydrogens (tertiary/aromatic N) is 4. The number of benzene rings is 1. The number of halogens is 1. The number of rotatable bonds is 3. The highest BCUT2D eigenvalue weighted by molar-refractivity contribution is 5.74. The van der Waals surface area contributed by atoms with Crippen molar-refractivity contribution in [1.82, 2.24) is 15.1 Å². The molecule has 6 nitrogen and oxygen atoms in total. The molecule has 120 valence electrons. The maximum absolute atomic E-state index is 13.3. The van der Waals surface area contributed by atoms with E-state index in [1.807, 2.05) is 18.7 Å². The van der Waals surface area contributed by atoms with Crippen LogP contribution in [0, 0.1) is 5.82 Å². The second kappa shape index (κ2) is 5.33. The Morgan fingerprint density at radius 3 is 2.96 bits per heavy atom. The van der Waals surface area contributed by atoms with Gasteiger partial charge >= 0.3 is 0 Å². The third-order valence-electron chi connectivity index (χ3n) is 4.09. The highest BCUT2D eigenvalue weighted by Gasteiger charge is 2.33. The van der Waals surface area contributed by atoms with Crippen LogP contribution < -0.4 is 4.90 Å². The van der Waals surface area contributed by atoms with Gasteiger partial charge in [0, 0.05) is 18.5 Å². The molecular weight excluding hydrogens is 299 g/mol. The van der Waals surface area contributed by atoms with E-state index in [2.05, 4.69) is 15.1 Å². The molecule has 1 aliphatic heterocycles. The Kier molecular flexibility index (Phi) is 3.28. The molecule has 0 aliphatic carbocycles. The molecule has 1 fully saturated rings. The summed E-state index contributed by atoms with van der Waals surface area (Å²) in [5.74, 6) is 1.15. The number of hydrogen-bond donors (Lipinski definition) is 0. The largest absolute Gasteiger partial charge is 0.423 e. The summed E-state index contributed by atoms with van der Waals surface area (Å²) in [6.07, 6.45) is 1.90. The lowest BCUT2D eigenvalue weighted by atomic mass is 10.2. The summed E-state index contributed by atoms with van der Waals surface area (Å²) >= 11 is 0. The normalized spacial score (nSPS) is 18.4. The first-order chi connectivity index (χ1) is 11.1. The standard InChI is InChI=1S/C16H17FN4O2/c1-9(2)15-19-14(20-23-15)12-4-3-7-21(12)16-18-11-8-10(17)5-6-13(11)22-16/h5-6,8-9,12H,3-4,7H2,1-2H3. The zero-order valence-corrected chi connectivity index (χ0v) is 13.0. The lowest BCUT2D eigenvalue weighted by Gasteiger charge is -2.19. The maximum atomic E-state index is 13.3. The summed E-state index contributed by atoms with van der Waals surface area (Å²) in [7, 11) is 0. The Bertz CT molecular complexity index is 842. The van der Waals surface area contributed by atoms with Gasteiger partial charge in [-0.1, -0.05) is 19.0 Å². The first-order valence-corrected chi connectivity index (χ1v) is 7.78. The van der Waals surface area contributed by atoms with E-state index in [-0.39, 0.29) is 17.8 Å². The summed E-state index contributed by atoms with van der Waals surface area (Å²) in [5.41, 5.74) is 1.09. The molecule has 23 heavy (non-hydrogen) atoms. The van der Waals surface area contributed by atoms with E-state index >= 15 is 0 Å². The molecule has 1 unspecified atom stereocenters. The van der Waals surface area contributed by atoms with E-state index in [0.717, 1.165) is 19.4 Å². The van der Waals surface area contributed by atoms with Gasteiger partial charge in [0.25, 0.3) is 6.01 Å². The monoisotopic (exact) mass is 316 g/mol. The number of anilines is 1. The van der Waals surface area contributed by atoms with Crippen LogP contribution in [-0.4, -0.2) is 21.7 Å². The van der Waals surface area contributed by atoms with E-state index in [0.29, 0.717) is 28.8 Å².